The summed E-state index contributed by atoms with van der Waals surface area (Å²) >= 11 is 6.71. The maximum Gasteiger partial charge on any atom is 0.253 e. The molecule has 3 aromatic carbocycles. The molecule has 29 heavy (non-hydrogen) atoms. The van der Waals surface area contributed by atoms with E-state index >= 15 is 0 Å². The molecule has 3 rings (SSSR count). The van der Waals surface area contributed by atoms with Gasteiger partial charge in [0, 0.05) is 20.1 Å². The fourth-order valence-electron chi connectivity index (χ4n) is 2.66. The minimum atomic E-state index is -0.739. The van der Waals surface area contributed by atoms with E-state index in [4.69, 9.17) is 4.74 Å². The van der Waals surface area contributed by atoms with Crippen LogP contribution in [0.25, 0.3) is 0 Å². The van der Waals surface area contributed by atoms with E-state index in [0.717, 1.165) is 8.95 Å². The first-order valence-corrected chi connectivity index (χ1v) is 10.3. The second-order valence-electron chi connectivity index (χ2n) is 6.17. The van der Waals surface area contributed by atoms with E-state index in [1.807, 2.05) is 6.07 Å². The molecule has 0 radical (unpaired) electrons. The number of hydrogen-bond donors (Lipinski definition) is 2. The lowest BCUT2D eigenvalue weighted by atomic mass is 10.1. The number of nitrogens with one attached hydrogen (secondary N) is 2. The maximum absolute atomic E-state index is 12.7. The number of halogens is 2. The van der Waals surface area contributed by atoms with Gasteiger partial charge in [0.1, 0.15) is 11.9 Å². The van der Waals surface area contributed by atoms with E-state index in [-0.39, 0.29) is 11.8 Å². The van der Waals surface area contributed by atoms with Crippen molar-refractivity contribution in [3.63, 3.8) is 0 Å². The second-order valence-corrected chi connectivity index (χ2v) is 8.00. The Bertz CT molecular complexity index is 946. The highest BCUT2D eigenvalue weighted by atomic mass is 79.9. The highest BCUT2D eigenvalue weighted by Gasteiger charge is 2.19. The molecule has 0 fully saturated rings. The van der Waals surface area contributed by atoms with Crippen molar-refractivity contribution in [3.05, 3.63) is 98.4 Å². The number of rotatable bonds is 6. The van der Waals surface area contributed by atoms with Crippen LogP contribution < -0.4 is 15.4 Å². The lowest BCUT2D eigenvalue weighted by Gasteiger charge is -2.21. The smallest absolute Gasteiger partial charge is 0.253 e. The van der Waals surface area contributed by atoms with Gasteiger partial charge in [-0.3, -0.25) is 9.59 Å². The molecule has 2 amide bonds. The van der Waals surface area contributed by atoms with Gasteiger partial charge < -0.3 is 15.4 Å². The Labute approximate surface area is 185 Å². The fourth-order valence-corrected chi connectivity index (χ4v) is 3.18. The maximum atomic E-state index is 12.7. The number of carbonyl (C=O) groups is 2. The quantitative estimate of drug-likeness (QED) is 0.448. The largest absolute Gasteiger partial charge is 0.497 e. The summed E-state index contributed by atoms with van der Waals surface area (Å²) in [6.07, 6.45) is -0.739. The number of benzene rings is 3. The van der Waals surface area contributed by atoms with Crippen molar-refractivity contribution in [2.24, 2.45) is 0 Å². The fraction of sp³-hybridized carbons (Fsp3) is 0.0909. The lowest BCUT2D eigenvalue weighted by Crippen LogP contribution is -2.41. The molecule has 0 aliphatic rings. The van der Waals surface area contributed by atoms with Crippen molar-refractivity contribution < 1.29 is 14.3 Å². The Hall–Kier alpha value is -2.64. The third kappa shape index (κ3) is 5.68. The van der Waals surface area contributed by atoms with Gasteiger partial charge in [-0.25, -0.2) is 0 Å². The molecule has 0 atom stereocenters. The van der Waals surface area contributed by atoms with Crippen LogP contribution >= 0.6 is 31.9 Å². The lowest BCUT2D eigenvalue weighted by molar-refractivity contribution is 0.0883. The summed E-state index contributed by atoms with van der Waals surface area (Å²) in [4.78, 5) is 25.5. The zero-order valence-corrected chi connectivity index (χ0v) is 18.7. The van der Waals surface area contributed by atoms with Gasteiger partial charge in [0.2, 0.25) is 0 Å². The predicted octanol–water partition coefficient (Wildman–Crippen LogP) is 5.08. The molecule has 0 aliphatic heterocycles. The molecule has 0 saturated heterocycles. The van der Waals surface area contributed by atoms with Crippen molar-refractivity contribution in [3.8, 4) is 5.75 Å². The minimum Gasteiger partial charge on any atom is -0.497 e. The highest BCUT2D eigenvalue weighted by molar-refractivity contribution is 9.10. The summed E-state index contributed by atoms with van der Waals surface area (Å²) in [5, 5.41) is 5.76. The molecule has 5 nitrogen and oxygen atoms in total. The zero-order chi connectivity index (χ0) is 20.8. The van der Waals surface area contributed by atoms with Crippen molar-refractivity contribution in [2.75, 3.05) is 7.11 Å². The van der Waals surface area contributed by atoms with Crippen LogP contribution in [0.15, 0.2) is 81.7 Å². The van der Waals surface area contributed by atoms with Gasteiger partial charge in [-0.15, -0.1) is 0 Å². The predicted molar refractivity (Wildman–Crippen MR) is 119 cm³/mol. The first kappa shape index (κ1) is 21.1. The van der Waals surface area contributed by atoms with Crippen LogP contribution in [-0.4, -0.2) is 18.9 Å². The molecule has 0 bridgehead atoms. The highest BCUT2D eigenvalue weighted by Crippen LogP contribution is 2.20. The molecule has 7 heteroatoms. The molecule has 148 valence electrons. The van der Waals surface area contributed by atoms with Gasteiger partial charge in [0.15, 0.2) is 0 Å². The van der Waals surface area contributed by atoms with Gasteiger partial charge >= 0.3 is 0 Å². The van der Waals surface area contributed by atoms with Crippen molar-refractivity contribution in [2.45, 2.75) is 6.17 Å². The van der Waals surface area contributed by atoms with Crippen LogP contribution in [0.5, 0.6) is 5.75 Å². The summed E-state index contributed by atoms with van der Waals surface area (Å²) in [5.41, 5.74) is 1.67. The molecular weight excluding hydrogens is 500 g/mol. The van der Waals surface area contributed by atoms with Gasteiger partial charge in [-0.05, 0) is 66.2 Å². The molecule has 0 aliphatic carbocycles. The average molecular weight is 518 g/mol. The zero-order valence-electron chi connectivity index (χ0n) is 15.5. The first-order valence-electron chi connectivity index (χ1n) is 8.73. The summed E-state index contributed by atoms with van der Waals surface area (Å²) in [7, 11) is 1.56. The summed E-state index contributed by atoms with van der Waals surface area (Å²) in [6, 6.07) is 21.2. The molecule has 0 heterocycles. The Balaban J connectivity index is 1.86. The summed E-state index contributed by atoms with van der Waals surface area (Å²) < 4.78 is 7.03. The normalized spacial score (nSPS) is 10.5. The van der Waals surface area contributed by atoms with Crippen LogP contribution in [0.4, 0.5) is 0 Å². The average Bonchev–Trinajstić information content (AvgIpc) is 2.74. The third-order valence-corrected chi connectivity index (χ3v) is 5.25. The van der Waals surface area contributed by atoms with E-state index in [0.29, 0.717) is 22.4 Å². The number of methoxy groups -OCH3 is 1. The van der Waals surface area contributed by atoms with E-state index < -0.39 is 6.17 Å². The van der Waals surface area contributed by atoms with Crippen molar-refractivity contribution in [1.29, 1.82) is 0 Å². The third-order valence-electron chi connectivity index (χ3n) is 4.19. The van der Waals surface area contributed by atoms with Crippen molar-refractivity contribution in [1.82, 2.24) is 10.6 Å². The molecule has 0 aromatic heterocycles. The number of carbonyl (C=O) groups excluding carboxylic acids is 2. The Morgan fingerprint density at radius 2 is 1.28 bits per heavy atom. The van der Waals surface area contributed by atoms with Crippen LogP contribution in [0.3, 0.4) is 0 Å². The Morgan fingerprint density at radius 3 is 1.72 bits per heavy atom. The number of amides is 2. The molecule has 2 N–H and O–H groups in total. The topological polar surface area (TPSA) is 67.4 Å². The SMILES string of the molecule is COc1cccc(C(NC(=O)c2ccc(Br)cc2)NC(=O)c2ccc(Br)cc2)c1. The number of hydrogen-bond acceptors (Lipinski definition) is 3. The van der Waals surface area contributed by atoms with Gasteiger partial charge in [0.25, 0.3) is 11.8 Å². The standard InChI is InChI=1S/C22H18Br2N2O3/c1-29-19-4-2-3-16(13-19)20(25-21(27)14-5-9-17(23)10-6-14)26-22(28)15-7-11-18(24)12-8-15/h2-13,20H,1H3,(H,25,27)(H,26,28). The second kappa shape index (κ2) is 9.71. The van der Waals surface area contributed by atoms with Crippen LogP contribution in [0, 0.1) is 0 Å². The molecule has 0 unspecified atom stereocenters. The van der Waals surface area contributed by atoms with E-state index in [2.05, 4.69) is 42.5 Å². The van der Waals surface area contributed by atoms with E-state index in [1.165, 1.54) is 0 Å². The number of ether oxygens (including phenoxy) is 1. The Morgan fingerprint density at radius 1 is 0.793 bits per heavy atom. The Kier molecular flexibility index (Phi) is 7.06. The van der Waals surface area contributed by atoms with Gasteiger partial charge in [-0.2, -0.15) is 0 Å². The first-order chi connectivity index (χ1) is 14.0. The van der Waals surface area contributed by atoms with Crippen LogP contribution in [0.1, 0.15) is 32.4 Å². The van der Waals surface area contributed by atoms with E-state index in [9.17, 15) is 9.59 Å². The molecule has 0 spiro atoms. The molecule has 3 aromatic rings. The van der Waals surface area contributed by atoms with E-state index in [1.54, 1.807) is 73.8 Å². The summed E-state index contributed by atoms with van der Waals surface area (Å²) in [5.74, 6) is 0.0196. The van der Waals surface area contributed by atoms with Crippen LogP contribution in [0.2, 0.25) is 0 Å². The van der Waals surface area contributed by atoms with Crippen molar-refractivity contribution >= 4 is 43.7 Å². The molecular formula is C22H18Br2N2O3. The van der Waals surface area contributed by atoms with Crippen LogP contribution in [-0.2, 0) is 0 Å². The molecule has 0 saturated carbocycles. The summed E-state index contributed by atoms with van der Waals surface area (Å²) in [6.45, 7) is 0. The minimum absolute atomic E-state index is 0.304. The van der Waals surface area contributed by atoms with Gasteiger partial charge in [-0.1, -0.05) is 44.0 Å². The monoisotopic (exact) mass is 516 g/mol. The van der Waals surface area contributed by atoms with Gasteiger partial charge in [0.05, 0.1) is 7.11 Å².